The molecule has 3 aromatic rings. The van der Waals surface area contributed by atoms with Crippen molar-refractivity contribution in [2.24, 2.45) is 5.10 Å². The van der Waals surface area contributed by atoms with Gasteiger partial charge in [-0.05, 0) is 44.9 Å². The molecule has 1 aliphatic heterocycles. The van der Waals surface area contributed by atoms with E-state index in [1.54, 1.807) is 0 Å². The van der Waals surface area contributed by atoms with Gasteiger partial charge in [0, 0.05) is 5.57 Å². The largest absolute Gasteiger partial charge is 0.358 e. The first-order valence-corrected chi connectivity index (χ1v) is 8.48. The number of nitrogens with zero attached hydrogens (tertiary/aromatic N) is 3. The molecule has 0 spiro atoms. The van der Waals surface area contributed by atoms with Crippen molar-refractivity contribution in [1.82, 2.24) is 5.01 Å². The van der Waals surface area contributed by atoms with E-state index in [-0.39, 0.29) is 16.7 Å². The quantitative estimate of drug-likeness (QED) is 0.131. The van der Waals surface area contributed by atoms with Crippen LogP contribution in [-0.2, 0) is 4.89 Å². The van der Waals surface area contributed by atoms with E-state index in [9.17, 15) is 0 Å². The van der Waals surface area contributed by atoms with Crippen LogP contribution < -0.4 is 0 Å². The summed E-state index contributed by atoms with van der Waals surface area (Å²) in [6, 6.07) is 18.2. The van der Waals surface area contributed by atoms with Crippen LogP contribution in [0.1, 0.15) is 5.56 Å². The van der Waals surface area contributed by atoms with Crippen molar-refractivity contribution in [1.29, 1.82) is 0 Å². The van der Waals surface area contributed by atoms with Crippen LogP contribution in [0.25, 0.3) is 32.5 Å². The van der Waals surface area contributed by atoms with Crippen molar-refractivity contribution >= 4 is 50.7 Å². The second-order valence-corrected chi connectivity index (χ2v) is 6.31. The van der Waals surface area contributed by atoms with Crippen LogP contribution >= 0.6 is 12.2 Å². The van der Waals surface area contributed by atoms with E-state index in [0.29, 0.717) is 5.57 Å². The highest BCUT2D eigenvalue weighted by Crippen LogP contribution is 2.32. The Hall–Kier alpha value is -3.53. The van der Waals surface area contributed by atoms with Gasteiger partial charge in [-0.25, -0.2) is 5.26 Å². The molecule has 0 bridgehead atoms. The van der Waals surface area contributed by atoms with Gasteiger partial charge in [0.2, 0.25) is 0 Å². The zero-order chi connectivity index (χ0) is 19.0. The minimum absolute atomic E-state index is 0.121. The molecule has 0 aliphatic carbocycles. The van der Waals surface area contributed by atoms with Crippen LogP contribution in [0.3, 0.4) is 0 Å². The Morgan fingerprint density at radius 3 is 2.30 bits per heavy atom. The SMILES string of the molecule is [C-]#[N+]C1=NN(C(=C)OO)C(=S)C1=Cc1c2ccccc2cc2ccccc12. The predicted molar refractivity (Wildman–Crippen MR) is 111 cm³/mol. The highest BCUT2D eigenvalue weighted by Gasteiger charge is 2.33. The van der Waals surface area contributed by atoms with Gasteiger partial charge in [0.1, 0.15) is 0 Å². The summed E-state index contributed by atoms with van der Waals surface area (Å²) >= 11 is 5.44. The van der Waals surface area contributed by atoms with E-state index in [1.807, 2.05) is 54.6 Å². The van der Waals surface area contributed by atoms with E-state index in [4.69, 9.17) is 24.0 Å². The molecule has 5 nitrogen and oxygen atoms in total. The van der Waals surface area contributed by atoms with E-state index < -0.39 is 0 Å². The van der Waals surface area contributed by atoms with Gasteiger partial charge in [0.05, 0.1) is 0 Å². The van der Waals surface area contributed by atoms with Crippen molar-refractivity contribution in [2.75, 3.05) is 0 Å². The molecule has 1 heterocycles. The van der Waals surface area contributed by atoms with Crippen molar-refractivity contribution < 1.29 is 10.1 Å². The maximum Gasteiger partial charge on any atom is 0.304 e. The van der Waals surface area contributed by atoms with Gasteiger partial charge in [0.15, 0.2) is 4.99 Å². The average Bonchev–Trinajstić information content (AvgIpc) is 3.02. The summed E-state index contributed by atoms with van der Waals surface area (Å²) in [7, 11) is 0. The second-order valence-electron chi connectivity index (χ2n) is 5.93. The van der Waals surface area contributed by atoms with Gasteiger partial charge in [-0.3, -0.25) is 0 Å². The molecule has 0 unspecified atom stereocenters. The lowest BCUT2D eigenvalue weighted by molar-refractivity contribution is -0.218. The molecule has 0 aromatic heterocycles. The number of hydrogen-bond acceptors (Lipinski definition) is 4. The van der Waals surface area contributed by atoms with Crippen LogP contribution in [0, 0.1) is 6.57 Å². The molecule has 27 heavy (non-hydrogen) atoms. The topological polar surface area (TPSA) is 49.4 Å². The minimum atomic E-state index is -0.160. The Bertz CT molecular complexity index is 1170. The third kappa shape index (κ3) is 2.75. The first-order valence-electron chi connectivity index (χ1n) is 8.07. The summed E-state index contributed by atoms with van der Waals surface area (Å²) < 4.78 is 0. The maximum atomic E-state index is 8.86. The highest BCUT2D eigenvalue weighted by molar-refractivity contribution is 7.80. The van der Waals surface area contributed by atoms with E-state index >= 15 is 0 Å². The first-order chi connectivity index (χ1) is 13.1. The zero-order valence-corrected chi connectivity index (χ0v) is 14.9. The lowest BCUT2D eigenvalue weighted by atomic mass is 9.95. The monoisotopic (exact) mass is 371 g/mol. The lowest BCUT2D eigenvalue weighted by Gasteiger charge is -2.11. The molecule has 0 saturated heterocycles. The molecule has 0 amide bonds. The third-order valence-corrected chi connectivity index (χ3v) is 4.80. The molecule has 130 valence electrons. The van der Waals surface area contributed by atoms with Crippen molar-refractivity contribution in [3.8, 4) is 0 Å². The Balaban J connectivity index is 1.99. The highest BCUT2D eigenvalue weighted by atomic mass is 32.1. The molecule has 4 rings (SSSR count). The van der Waals surface area contributed by atoms with E-state index in [2.05, 4.69) is 27.5 Å². The van der Waals surface area contributed by atoms with Crippen LogP contribution in [0.4, 0.5) is 0 Å². The molecule has 0 saturated carbocycles. The molecule has 0 radical (unpaired) electrons. The van der Waals surface area contributed by atoms with Crippen LogP contribution in [0.15, 0.2) is 77.7 Å². The number of hydrogen-bond donors (Lipinski definition) is 1. The Morgan fingerprint density at radius 1 is 1.15 bits per heavy atom. The third-order valence-electron chi connectivity index (χ3n) is 4.41. The van der Waals surface area contributed by atoms with E-state index in [1.165, 1.54) is 0 Å². The van der Waals surface area contributed by atoms with Crippen molar-refractivity contribution in [2.45, 2.75) is 0 Å². The normalized spacial score (nSPS) is 15.3. The fraction of sp³-hybridized carbons (Fsp3) is 0. The Kier molecular flexibility index (Phi) is 4.16. The number of benzene rings is 3. The van der Waals surface area contributed by atoms with Crippen LogP contribution in [-0.4, -0.2) is 21.1 Å². The molecule has 6 heteroatoms. The molecule has 0 atom stereocenters. The fourth-order valence-electron chi connectivity index (χ4n) is 3.17. The first kappa shape index (κ1) is 16.9. The molecule has 0 fully saturated rings. The molecule has 1 N–H and O–H groups in total. The maximum absolute atomic E-state index is 8.86. The lowest BCUT2D eigenvalue weighted by Crippen LogP contribution is -2.20. The fourth-order valence-corrected chi connectivity index (χ4v) is 3.46. The molecular formula is C21H13N3O2S. The predicted octanol–water partition coefficient (Wildman–Crippen LogP) is 5.21. The summed E-state index contributed by atoms with van der Waals surface area (Å²) in [5, 5.41) is 18.4. The molecule has 1 aliphatic rings. The molecular weight excluding hydrogens is 358 g/mol. The summed E-state index contributed by atoms with van der Waals surface area (Å²) in [4.78, 5) is 7.86. The molecule has 3 aromatic carbocycles. The standard InChI is InChI=1S/C21H13N3O2S/c1-13(26-25)24-21(27)19(20(22-2)23-24)12-18-16-9-5-3-7-14(16)11-15-8-4-6-10-17(15)18/h3-12,25H,1H2. The summed E-state index contributed by atoms with van der Waals surface area (Å²) in [5.74, 6) is -0.0393. The van der Waals surface area contributed by atoms with Gasteiger partial charge in [0.25, 0.3) is 5.88 Å². The number of hydrazone groups is 1. The number of rotatable bonds is 3. The summed E-state index contributed by atoms with van der Waals surface area (Å²) in [6.45, 7) is 11.0. The van der Waals surface area contributed by atoms with Crippen molar-refractivity contribution in [3.05, 3.63) is 89.6 Å². The van der Waals surface area contributed by atoms with Gasteiger partial charge >= 0.3 is 5.84 Å². The van der Waals surface area contributed by atoms with Crippen LogP contribution in [0.2, 0.25) is 0 Å². The van der Waals surface area contributed by atoms with Gasteiger partial charge in [-0.15, -0.1) is 5.01 Å². The number of thiocarbonyl (C=S) groups is 1. The van der Waals surface area contributed by atoms with Gasteiger partial charge in [-0.2, -0.15) is 0 Å². The minimum Gasteiger partial charge on any atom is -0.358 e. The van der Waals surface area contributed by atoms with Crippen molar-refractivity contribution in [3.63, 3.8) is 0 Å². The van der Waals surface area contributed by atoms with Gasteiger partial charge < -0.3 is 9.73 Å². The summed E-state index contributed by atoms with van der Waals surface area (Å²) in [5.41, 5.74) is 1.44. The van der Waals surface area contributed by atoms with Crippen LogP contribution in [0.5, 0.6) is 0 Å². The second kappa shape index (κ2) is 6.65. The number of fused-ring (bicyclic) bond motifs is 2. The Morgan fingerprint density at radius 2 is 1.74 bits per heavy atom. The Labute approximate surface area is 160 Å². The van der Waals surface area contributed by atoms with Gasteiger partial charge in [-0.1, -0.05) is 73.4 Å². The van der Waals surface area contributed by atoms with E-state index in [0.717, 1.165) is 32.1 Å². The summed E-state index contributed by atoms with van der Waals surface area (Å²) in [6.07, 6.45) is 1.87. The number of amidine groups is 1. The average molecular weight is 371 g/mol. The smallest absolute Gasteiger partial charge is 0.304 e. The zero-order valence-electron chi connectivity index (χ0n) is 14.1.